The van der Waals surface area contributed by atoms with Crippen LogP contribution in [0.5, 0.6) is 0 Å². The van der Waals surface area contributed by atoms with Gasteiger partial charge in [-0.05, 0) is 37.9 Å². The molecule has 3 heterocycles. The quantitative estimate of drug-likeness (QED) is 0.832. The van der Waals surface area contributed by atoms with Gasteiger partial charge in [-0.1, -0.05) is 6.92 Å². The van der Waals surface area contributed by atoms with E-state index in [1.165, 1.54) is 0 Å². The number of rotatable bonds is 4. The lowest BCUT2D eigenvalue weighted by molar-refractivity contribution is -0.125. The molecule has 1 amide bonds. The van der Waals surface area contributed by atoms with Crippen LogP contribution >= 0.6 is 0 Å². The number of carbonyl (C=O) groups is 1. The first-order chi connectivity index (χ1) is 14.4. The molecule has 1 N–H and O–H groups in total. The number of aromatic nitrogens is 2. The Morgan fingerprint density at radius 2 is 1.97 bits per heavy atom. The third-order valence-electron chi connectivity index (χ3n) is 6.38. The van der Waals surface area contributed by atoms with Crippen molar-refractivity contribution in [2.45, 2.75) is 37.9 Å². The van der Waals surface area contributed by atoms with Crippen LogP contribution in [0.3, 0.4) is 0 Å². The summed E-state index contributed by atoms with van der Waals surface area (Å²) < 4.78 is 15.0. The zero-order valence-electron chi connectivity index (χ0n) is 17.4. The van der Waals surface area contributed by atoms with E-state index in [9.17, 15) is 10.1 Å². The van der Waals surface area contributed by atoms with E-state index >= 15 is 4.39 Å². The molecule has 0 spiro atoms. The van der Waals surface area contributed by atoms with E-state index in [1.54, 1.807) is 18.5 Å². The van der Waals surface area contributed by atoms with E-state index < -0.39 is 5.67 Å². The number of nitriles is 1. The number of likely N-dealkylation sites (tertiary alicyclic amines) is 1. The van der Waals surface area contributed by atoms with Gasteiger partial charge >= 0.3 is 0 Å². The minimum Gasteiger partial charge on any atom is -0.367 e. The average molecular weight is 410 g/mol. The molecule has 0 radical (unpaired) electrons. The van der Waals surface area contributed by atoms with Crippen LogP contribution < -0.4 is 10.2 Å². The molecule has 0 aliphatic carbocycles. The molecule has 2 saturated heterocycles. The van der Waals surface area contributed by atoms with Crippen LogP contribution in [-0.2, 0) is 4.79 Å². The normalized spacial score (nSPS) is 24.0. The molecule has 1 aromatic heterocycles. The lowest BCUT2D eigenvalue weighted by Gasteiger charge is -2.34. The molecular formula is C22H27FN6O. The molecule has 158 valence electrons. The molecule has 2 fully saturated rings. The third-order valence-corrected chi connectivity index (χ3v) is 6.38. The molecule has 2 aromatic rings. The van der Waals surface area contributed by atoms with Gasteiger partial charge in [0.25, 0.3) is 0 Å². The van der Waals surface area contributed by atoms with E-state index in [1.807, 2.05) is 13.1 Å². The van der Waals surface area contributed by atoms with E-state index in [2.05, 4.69) is 38.1 Å². The van der Waals surface area contributed by atoms with Gasteiger partial charge in [0.1, 0.15) is 22.8 Å². The molecule has 30 heavy (non-hydrogen) atoms. The second kappa shape index (κ2) is 8.15. The van der Waals surface area contributed by atoms with Gasteiger partial charge in [0.05, 0.1) is 23.7 Å². The Labute approximate surface area is 175 Å². The molecule has 2 aliphatic rings. The minimum absolute atomic E-state index is 0.0604. The second-order valence-electron chi connectivity index (χ2n) is 8.68. The van der Waals surface area contributed by atoms with Crippen LogP contribution in [0.2, 0.25) is 0 Å². The van der Waals surface area contributed by atoms with Crippen molar-refractivity contribution < 1.29 is 9.18 Å². The van der Waals surface area contributed by atoms with Gasteiger partial charge in [0, 0.05) is 38.6 Å². The Kier molecular flexibility index (Phi) is 5.56. The highest BCUT2D eigenvalue weighted by atomic mass is 19.1. The predicted octanol–water partition coefficient (Wildman–Crippen LogP) is 2.27. The summed E-state index contributed by atoms with van der Waals surface area (Å²) in [7, 11) is 1.98. The number of piperidine rings is 1. The van der Waals surface area contributed by atoms with Gasteiger partial charge in [-0.15, -0.1) is 0 Å². The van der Waals surface area contributed by atoms with Crippen molar-refractivity contribution >= 4 is 22.6 Å². The van der Waals surface area contributed by atoms with E-state index in [0.717, 1.165) is 12.2 Å². The molecular weight excluding hydrogens is 383 g/mol. The van der Waals surface area contributed by atoms with Crippen molar-refractivity contribution in [3.05, 3.63) is 30.1 Å². The predicted molar refractivity (Wildman–Crippen MR) is 113 cm³/mol. The lowest BCUT2D eigenvalue weighted by atomic mass is 9.89. The highest BCUT2D eigenvalue weighted by Gasteiger charge is 2.38. The average Bonchev–Trinajstić information content (AvgIpc) is 3.09. The topological polar surface area (TPSA) is 85.1 Å². The van der Waals surface area contributed by atoms with Crippen molar-refractivity contribution in [1.82, 2.24) is 20.2 Å². The summed E-state index contributed by atoms with van der Waals surface area (Å²) in [5, 5.41) is 12.4. The summed E-state index contributed by atoms with van der Waals surface area (Å²) in [5.74, 6) is -0.00500. The summed E-state index contributed by atoms with van der Waals surface area (Å²) in [6.45, 7) is 4.82. The van der Waals surface area contributed by atoms with E-state index in [4.69, 9.17) is 0 Å². The molecule has 1 aromatic carbocycles. The zero-order chi connectivity index (χ0) is 21.3. The van der Waals surface area contributed by atoms with Gasteiger partial charge in [0.2, 0.25) is 5.91 Å². The Hall–Kier alpha value is -2.79. The Morgan fingerprint density at radius 1 is 1.27 bits per heavy atom. The molecule has 2 aliphatic heterocycles. The van der Waals surface area contributed by atoms with E-state index in [0.29, 0.717) is 49.1 Å². The van der Waals surface area contributed by atoms with Gasteiger partial charge in [0.15, 0.2) is 0 Å². The largest absolute Gasteiger partial charge is 0.367 e. The maximum atomic E-state index is 15.0. The monoisotopic (exact) mass is 410 g/mol. The second-order valence-corrected chi connectivity index (χ2v) is 8.68. The number of anilines is 1. The maximum Gasteiger partial charge on any atom is 0.223 e. The number of benzene rings is 1. The van der Waals surface area contributed by atoms with Crippen LogP contribution in [0.25, 0.3) is 11.0 Å². The molecule has 0 bridgehead atoms. The number of carbonyl (C=O) groups excluding carboxylic acids is 1. The molecule has 0 saturated carbocycles. The molecule has 4 rings (SSSR count). The summed E-state index contributed by atoms with van der Waals surface area (Å²) in [6, 6.07) is 5.75. The Balaban J connectivity index is 1.45. The number of hydrogen-bond acceptors (Lipinski definition) is 6. The molecule has 8 heteroatoms. The van der Waals surface area contributed by atoms with Gasteiger partial charge < -0.3 is 15.1 Å². The van der Waals surface area contributed by atoms with Crippen molar-refractivity contribution in [2.75, 3.05) is 38.1 Å². The zero-order valence-corrected chi connectivity index (χ0v) is 17.4. The number of amides is 1. The van der Waals surface area contributed by atoms with Crippen molar-refractivity contribution in [1.29, 1.82) is 5.26 Å². The third kappa shape index (κ3) is 4.08. The Bertz CT molecular complexity index is 981. The summed E-state index contributed by atoms with van der Waals surface area (Å²) in [6.07, 6.45) is 3.93. The van der Waals surface area contributed by atoms with Crippen LogP contribution in [0.1, 0.15) is 31.7 Å². The fourth-order valence-electron chi connectivity index (χ4n) is 4.48. The highest BCUT2D eigenvalue weighted by Crippen LogP contribution is 2.32. The van der Waals surface area contributed by atoms with Gasteiger partial charge in [-0.2, -0.15) is 5.26 Å². The van der Waals surface area contributed by atoms with Crippen LogP contribution in [0, 0.1) is 17.2 Å². The van der Waals surface area contributed by atoms with Crippen LogP contribution in [0.4, 0.5) is 10.1 Å². The fraction of sp³-hybridized carbons (Fsp3) is 0.545. The maximum absolute atomic E-state index is 15.0. The first-order valence-electron chi connectivity index (χ1n) is 10.4. The summed E-state index contributed by atoms with van der Waals surface area (Å²) >= 11 is 0. The number of nitrogens with zero attached hydrogens (tertiary/aromatic N) is 5. The van der Waals surface area contributed by atoms with Gasteiger partial charge in [-0.3, -0.25) is 14.8 Å². The van der Waals surface area contributed by atoms with E-state index in [-0.39, 0.29) is 24.3 Å². The summed E-state index contributed by atoms with van der Waals surface area (Å²) in [5.41, 5.74) is 1.25. The number of alkyl halides is 1. The standard InChI is InChI=1S/C22H27FN6O/c1-15-13-29(18-4-3-16(12-24)20-21(18)26-8-7-25-20)14-17(15)27-19(30)11-22(23)5-9-28(2)10-6-22/h3-4,7-8,15,17H,5-6,9-11,13-14H2,1-2H3,(H,27,30)/t15-,17+/m1/s1. The minimum atomic E-state index is -1.41. The number of hydrogen-bond donors (Lipinski definition) is 1. The van der Waals surface area contributed by atoms with Crippen molar-refractivity contribution in [3.8, 4) is 6.07 Å². The molecule has 7 nitrogen and oxygen atoms in total. The summed E-state index contributed by atoms with van der Waals surface area (Å²) in [4.78, 5) is 25.6. The van der Waals surface area contributed by atoms with Crippen LogP contribution in [-0.4, -0.2) is 65.7 Å². The first kappa shape index (κ1) is 20.5. The molecule has 2 atom stereocenters. The highest BCUT2D eigenvalue weighted by molar-refractivity contribution is 5.92. The van der Waals surface area contributed by atoms with Crippen molar-refractivity contribution in [3.63, 3.8) is 0 Å². The fourth-order valence-corrected chi connectivity index (χ4v) is 4.48. The first-order valence-corrected chi connectivity index (χ1v) is 10.4. The number of halogens is 1. The van der Waals surface area contributed by atoms with Crippen molar-refractivity contribution in [2.24, 2.45) is 5.92 Å². The van der Waals surface area contributed by atoms with Gasteiger partial charge in [-0.25, -0.2) is 4.39 Å². The number of fused-ring (bicyclic) bond motifs is 1. The SMILES string of the molecule is C[C@@H]1CN(c2ccc(C#N)c3nccnc23)C[C@@H]1NC(=O)CC1(F)CCN(C)CC1. The molecule has 0 unspecified atom stereocenters. The smallest absolute Gasteiger partial charge is 0.223 e. The lowest BCUT2D eigenvalue weighted by Crippen LogP contribution is -2.46. The number of nitrogens with one attached hydrogen (secondary N) is 1. The Morgan fingerprint density at radius 3 is 2.67 bits per heavy atom. The van der Waals surface area contributed by atoms with Crippen LogP contribution in [0.15, 0.2) is 24.5 Å².